The van der Waals surface area contributed by atoms with Crippen LogP contribution >= 0.6 is 0 Å². The zero-order valence-corrected chi connectivity index (χ0v) is 27.3. The van der Waals surface area contributed by atoms with Crippen LogP contribution in [0.2, 0.25) is 0 Å². The first-order chi connectivity index (χ1) is 22.8. The van der Waals surface area contributed by atoms with E-state index < -0.39 is 30.5 Å². The fourth-order valence-electron chi connectivity index (χ4n) is 5.67. The van der Waals surface area contributed by atoms with Crippen molar-refractivity contribution in [2.24, 2.45) is 11.8 Å². The van der Waals surface area contributed by atoms with Crippen LogP contribution in [0, 0.1) is 11.8 Å². The van der Waals surface area contributed by atoms with E-state index in [4.69, 9.17) is 25.7 Å². The van der Waals surface area contributed by atoms with Crippen molar-refractivity contribution in [2.75, 3.05) is 31.3 Å². The molecule has 1 aliphatic rings. The van der Waals surface area contributed by atoms with Crippen LogP contribution < -0.4 is 16.2 Å². The molecule has 1 saturated carbocycles. The molecule has 48 heavy (non-hydrogen) atoms. The minimum absolute atomic E-state index is 0.133. The van der Waals surface area contributed by atoms with Crippen LogP contribution in [0.15, 0.2) is 48.5 Å². The van der Waals surface area contributed by atoms with Gasteiger partial charge in [-0.25, -0.2) is 9.59 Å². The first-order valence-electron chi connectivity index (χ1n) is 16.7. The van der Waals surface area contributed by atoms with Crippen LogP contribution in [0.25, 0.3) is 6.08 Å². The molecule has 0 radical (unpaired) electrons. The van der Waals surface area contributed by atoms with E-state index in [2.05, 4.69) is 0 Å². The van der Waals surface area contributed by atoms with Crippen molar-refractivity contribution in [3.8, 4) is 5.75 Å². The number of anilines is 2. The van der Waals surface area contributed by atoms with Crippen molar-refractivity contribution in [3.05, 3.63) is 59.7 Å². The van der Waals surface area contributed by atoms with Crippen LogP contribution in [-0.2, 0) is 14.3 Å². The van der Waals surface area contributed by atoms with Gasteiger partial charge in [-0.2, -0.15) is 22.0 Å². The fraction of sp³-hybridized carbons (Fsp3) is 0.556. The Kier molecular flexibility index (Phi) is 15.5. The number of esters is 2. The molecule has 0 heterocycles. The Morgan fingerprint density at radius 3 is 1.92 bits per heavy atom. The Labute approximate surface area is 279 Å². The fourth-order valence-corrected chi connectivity index (χ4v) is 5.67. The number of rotatable bonds is 19. The lowest BCUT2D eigenvalue weighted by Crippen LogP contribution is -2.36. The third-order valence-electron chi connectivity index (χ3n) is 8.49. The summed E-state index contributed by atoms with van der Waals surface area (Å²) in [6, 6.07) is 12.0. The van der Waals surface area contributed by atoms with E-state index in [0.717, 1.165) is 69.8 Å². The molecule has 12 heteroatoms. The molecule has 0 unspecified atom stereocenters. The molecule has 0 bridgehead atoms. The number of carbonyl (C=O) groups excluding carboxylic acids is 2. The van der Waals surface area contributed by atoms with Crippen LogP contribution in [0.1, 0.15) is 99.4 Å². The number of hydrogen-bond acceptors (Lipinski definition) is 7. The Morgan fingerprint density at radius 1 is 0.750 bits per heavy atom. The lowest BCUT2D eigenvalue weighted by Gasteiger charge is -2.29. The average Bonchev–Trinajstić information content (AvgIpc) is 3.03. The Hall–Kier alpha value is -3.83. The SMILES string of the molecule is Nc1cc(N)cc(C(=O)OCCCCCCCCOC(=O)C=Cc2ccc(OCC3CCC(CCCC(F)(F)C(F)(F)F)CC3)cc2)c1. The van der Waals surface area contributed by atoms with E-state index >= 15 is 0 Å². The number of carbonyl (C=O) groups is 2. The molecule has 0 amide bonds. The third-order valence-corrected chi connectivity index (χ3v) is 8.49. The number of alkyl halides is 5. The number of nitrogen functional groups attached to an aromatic ring is 2. The summed E-state index contributed by atoms with van der Waals surface area (Å²) in [6.45, 7) is 1.18. The van der Waals surface area contributed by atoms with Crippen LogP contribution in [0.4, 0.5) is 33.3 Å². The first kappa shape index (κ1) is 38.6. The van der Waals surface area contributed by atoms with Crippen molar-refractivity contribution in [1.29, 1.82) is 0 Å². The second kappa shape index (κ2) is 19.2. The summed E-state index contributed by atoms with van der Waals surface area (Å²) >= 11 is 0. The molecule has 2 aromatic rings. The number of hydrogen-bond donors (Lipinski definition) is 2. The standard InChI is InChI=1S/C36H47F5N2O5/c37-35(38,36(39,40)41)19-7-8-26-9-11-28(12-10-26)25-48-32-16-13-27(14-17-32)15-18-33(44)46-20-5-3-1-2-4-6-21-47-34(45)29-22-30(42)24-31(43)23-29/h13-18,22-24,26,28H,1-12,19-21,25,42-43H2. The minimum Gasteiger partial charge on any atom is -0.493 e. The predicted octanol–water partition coefficient (Wildman–Crippen LogP) is 9.16. The van der Waals surface area contributed by atoms with Gasteiger partial charge in [0.05, 0.1) is 25.4 Å². The second-order valence-electron chi connectivity index (χ2n) is 12.5. The molecule has 0 aromatic heterocycles. The normalized spacial score (nSPS) is 16.9. The van der Waals surface area contributed by atoms with Gasteiger partial charge in [0.1, 0.15) is 5.75 Å². The highest BCUT2D eigenvalue weighted by Gasteiger charge is 2.56. The Morgan fingerprint density at radius 2 is 1.31 bits per heavy atom. The topological polar surface area (TPSA) is 114 Å². The predicted molar refractivity (Wildman–Crippen MR) is 175 cm³/mol. The highest BCUT2D eigenvalue weighted by Crippen LogP contribution is 2.40. The minimum atomic E-state index is -5.48. The van der Waals surface area contributed by atoms with Gasteiger partial charge in [-0.05, 0) is 85.9 Å². The molecule has 0 aliphatic heterocycles. The summed E-state index contributed by atoms with van der Waals surface area (Å²) in [7, 11) is 0. The van der Waals surface area contributed by atoms with Gasteiger partial charge in [0, 0.05) is 23.9 Å². The quantitative estimate of drug-likeness (QED) is 0.0499. The van der Waals surface area contributed by atoms with E-state index in [0.29, 0.717) is 54.8 Å². The van der Waals surface area contributed by atoms with Gasteiger partial charge in [0.25, 0.3) is 0 Å². The number of ether oxygens (including phenoxy) is 3. The molecule has 2 aromatic carbocycles. The average molecular weight is 683 g/mol. The summed E-state index contributed by atoms with van der Waals surface area (Å²) in [5.74, 6) is -4.29. The van der Waals surface area contributed by atoms with Gasteiger partial charge in [0.15, 0.2) is 0 Å². The second-order valence-corrected chi connectivity index (χ2v) is 12.5. The summed E-state index contributed by atoms with van der Waals surface area (Å²) in [4.78, 5) is 24.1. The van der Waals surface area contributed by atoms with Crippen molar-refractivity contribution in [3.63, 3.8) is 0 Å². The van der Waals surface area contributed by atoms with E-state index in [-0.39, 0.29) is 12.3 Å². The molecule has 0 saturated heterocycles. The lowest BCUT2D eigenvalue weighted by molar-refractivity contribution is -0.284. The van der Waals surface area contributed by atoms with Gasteiger partial charge in [-0.3, -0.25) is 0 Å². The maximum atomic E-state index is 13.1. The summed E-state index contributed by atoms with van der Waals surface area (Å²) < 4.78 is 79.6. The zero-order chi connectivity index (χ0) is 35.0. The highest BCUT2D eigenvalue weighted by molar-refractivity contribution is 5.91. The first-order valence-corrected chi connectivity index (χ1v) is 16.7. The van der Waals surface area contributed by atoms with Gasteiger partial charge >= 0.3 is 24.0 Å². The molecule has 0 spiro atoms. The van der Waals surface area contributed by atoms with Gasteiger partial charge in [0.2, 0.25) is 0 Å². The summed E-state index contributed by atoms with van der Waals surface area (Å²) in [5.41, 5.74) is 13.4. The van der Waals surface area contributed by atoms with Crippen molar-refractivity contribution in [2.45, 2.75) is 95.6 Å². The molecular formula is C36H47F5N2O5. The van der Waals surface area contributed by atoms with Crippen LogP contribution in [0.5, 0.6) is 5.75 Å². The van der Waals surface area contributed by atoms with Crippen molar-refractivity contribution in [1.82, 2.24) is 0 Å². The van der Waals surface area contributed by atoms with Crippen molar-refractivity contribution < 1.29 is 45.8 Å². The maximum Gasteiger partial charge on any atom is 0.453 e. The Balaban J connectivity index is 1.18. The smallest absolute Gasteiger partial charge is 0.453 e. The highest BCUT2D eigenvalue weighted by atomic mass is 19.4. The van der Waals surface area contributed by atoms with Gasteiger partial charge < -0.3 is 25.7 Å². The zero-order valence-electron chi connectivity index (χ0n) is 27.3. The maximum absolute atomic E-state index is 13.1. The molecule has 266 valence electrons. The largest absolute Gasteiger partial charge is 0.493 e. The number of nitrogens with two attached hydrogens (primary N) is 2. The van der Waals surface area contributed by atoms with E-state index in [1.807, 2.05) is 24.3 Å². The van der Waals surface area contributed by atoms with Crippen LogP contribution in [-0.4, -0.2) is 43.9 Å². The van der Waals surface area contributed by atoms with E-state index in [1.54, 1.807) is 12.1 Å². The lowest BCUT2D eigenvalue weighted by atomic mass is 9.80. The monoisotopic (exact) mass is 682 g/mol. The molecule has 3 rings (SSSR count). The van der Waals surface area contributed by atoms with Crippen molar-refractivity contribution >= 4 is 29.4 Å². The van der Waals surface area contributed by atoms with Crippen LogP contribution in [0.3, 0.4) is 0 Å². The summed E-state index contributed by atoms with van der Waals surface area (Å²) in [5, 5.41) is 0. The third kappa shape index (κ3) is 14.1. The number of halogens is 5. The molecule has 1 fully saturated rings. The van der Waals surface area contributed by atoms with Gasteiger partial charge in [-0.15, -0.1) is 0 Å². The molecule has 0 atom stereocenters. The van der Waals surface area contributed by atoms with E-state index in [1.165, 1.54) is 18.2 Å². The molecule has 1 aliphatic carbocycles. The molecule has 7 nitrogen and oxygen atoms in total. The van der Waals surface area contributed by atoms with Gasteiger partial charge in [-0.1, -0.05) is 57.1 Å². The number of benzene rings is 2. The molecule has 4 N–H and O–H groups in total. The number of unbranched alkanes of at least 4 members (excludes halogenated alkanes) is 5. The molecular weight excluding hydrogens is 635 g/mol. The Bertz CT molecular complexity index is 1290. The summed E-state index contributed by atoms with van der Waals surface area (Å²) in [6.07, 6.45) is 5.33. The van der Waals surface area contributed by atoms with E-state index in [9.17, 15) is 31.5 Å².